The number of nitrogens with zero attached hydrogens (tertiary/aromatic N) is 2. The van der Waals surface area contributed by atoms with Crippen LogP contribution in [-0.4, -0.2) is 47.8 Å². The second-order valence-corrected chi connectivity index (χ2v) is 5.57. The summed E-state index contributed by atoms with van der Waals surface area (Å²) in [4.78, 5) is 14.0. The van der Waals surface area contributed by atoms with Gasteiger partial charge in [-0.1, -0.05) is 5.16 Å². The molecule has 6 nitrogen and oxygen atoms in total. The first-order chi connectivity index (χ1) is 9.16. The average molecular weight is 265 g/mol. The van der Waals surface area contributed by atoms with E-state index >= 15 is 0 Å². The largest absolute Gasteiger partial charge is 0.377 e. The van der Waals surface area contributed by atoms with E-state index < -0.39 is 0 Å². The number of aromatic nitrogens is 1. The van der Waals surface area contributed by atoms with Crippen molar-refractivity contribution in [3.8, 4) is 0 Å². The summed E-state index contributed by atoms with van der Waals surface area (Å²) in [6.45, 7) is 2.69. The molecule has 1 aromatic heterocycles. The summed E-state index contributed by atoms with van der Waals surface area (Å²) in [5.74, 6) is 0.259. The minimum absolute atomic E-state index is 0.0608. The van der Waals surface area contributed by atoms with Crippen LogP contribution in [0.3, 0.4) is 0 Å². The van der Waals surface area contributed by atoms with Crippen LogP contribution in [0.1, 0.15) is 35.5 Å². The zero-order valence-electron chi connectivity index (χ0n) is 10.9. The molecule has 1 aromatic rings. The van der Waals surface area contributed by atoms with Crippen molar-refractivity contribution in [3.63, 3.8) is 0 Å². The number of hydrogen-bond acceptors (Lipinski definition) is 5. The fourth-order valence-electron chi connectivity index (χ4n) is 2.58. The molecule has 0 saturated carbocycles. The Hall–Kier alpha value is -1.40. The summed E-state index contributed by atoms with van der Waals surface area (Å²) in [6, 6.07) is 1.71. The summed E-state index contributed by atoms with van der Waals surface area (Å²) >= 11 is 0. The molecule has 2 fully saturated rings. The molecule has 19 heavy (non-hydrogen) atoms. The highest BCUT2D eigenvalue weighted by Crippen LogP contribution is 2.20. The molecule has 3 heterocycles. The van der Waals surface area contributed by atoms with E-state index in [1.165, 1.54) is 6.42 Å². The van der Waals surface area contributed by atoms with Gasteiger partial charge in [-0.05, 0) is 19.3 Å². The van der Waals surface area contributed by atoms with Crippen LogP contribution in [0, 0.1) is 0 Å². The van der Waals surface area contributed by atoms with Crippen LogP contribution in [0.2, 0.25) is 0 Å². The fourth-order valence-corrected chi connectivity index (χ4v) is 2.58. The van der Waals surface area contributed by atoms with Crippen molar-refractivity contribution in [2.24, 2.45) is 5.73 Å². The van der Waals surface area contributed by atoms with Crippen molar-refractivity contribution >= 4 is 5.91 Å². The maximum atomic E-state index is 12.2. The van der Waals surface area contributed by atoms with E-state index in [1.807, 2.05) is 4.90 Å². The number of nitrogens with two attached hydrogens (primary N) is 1. The summed E-state index contributed by atoms with van der Waals surface area (Å²) in [6.07, 6.45) is 3.91. The summed E-state index contributed by atoms with van der Waals surface area (Å²) in [5.41, 5.74) is 6.44. The number of likely N-dealkylation sites (tertiary alicyclic amines) is 1. The molecule has 104 valence electrons. The van der Waals surface area contributed by atoms with Gasteiger partial charge in [-0.15, -0.1) is 0 Å². The van der Waals surface area contributed by atoms with Crippen molar-refractivity contribution in [1.29, 1.82) is 0 Å². The predicted octanol–water partition coefficient (Wildman–Crippen LogP) is 0.571. The normalized spacial score (nSPS) is 22.1. The molecule has 1 amide bonds. The van der Waals surface area contributed by atoms with Crippen LogP contribution in [0.4, 0.5) is 0 Å². The molecule has 0 spiro atoms. The van der Waals surface area contributed by atoms with Crippen LogP contribution in [0.25, 0.3) is 0 Å². The fraction of sp³-hybridized carbons (Fsp3) is 0.692. The number of piperidine rings is 1. The SMILES string of the molecule is NC1(Cc2cc(C(=O)N3CCCCC3)on2)COC1. The van der Waals surface area contributed by atoms with Crippen LogP contribution in [0.5, 0.6) is 0 Å². The van der Waals surface area contributed by atoms with Crippen LogP contribution >= 0.6 is 0 Å². The second kappa shape index (κ2) is 4.94. The van der Waals surface area contributed by atoms with Gasteiger partial charge in [-0.3, -0.25) is 4.79 Å². The molecule has 6 heteroatoms. The first kappa shape index (κ1) is 12.6. The van der Waals surface area contributed by atoms with Gasteiger partial charge in [0.1, 0.15) is 0 Å². The van der Waals surface area contributed by atoms with Gasteiger partial charge < -0.3 is 19.9 Å². The van der Waals surface area contributed by atoms with Gasteiger partial charge in [0.05, 0.1) is 24.4 Å². The third-order valence-corrected chi connectivity index (χ3v) is 3.73. The average Bonchev–Trinajstić information content (AvgIpc) is 2.85. The zero-order chi connectivity index (χ0) is 13.3. The lowest BCUT2D eigenvalue weighted by atomic mass is 9.93. The van der Waals surface area contributed by atoms with E-state index in [-0.39, 0.29) is 11.4 Å². The van der Waals surface area contributed by atoms with Crippen molar-refractivity contribution in [2.75, 3.05) is 26.3 Å². The topological polar surface area (TPSA) is 81.6 Å². The molecule has 2 aliphatic rings. The van der Waals surface area contributed by atoms with E-state index in [2.05, 4.69) is 5.16 Å². The molecule has 0 atom stereocenters. The maximum absolute atomic E-state index is 12.2. The monoisotopic (exact) mass is 265 g/mol. The predicted molar refractivity (Wildman–Crippen MR) is 67.7 cm³/mol. The van der Waals surface area contributed by atoms with Crippen LogP contribution < -0.4 is 5.73 Å². The smallest absolute Gasteiger partial charge is 0.292 e. The van der Waals surface area contributed by atoms with Gasteiger partial charge >= 0.3 is 0 Å². The van der Waals surface area contributed by atoms with Crippen molar-refractivity contribution in [2.45, 2.75) is 31.2 Å². The van der Waals surface area contributed by atoms with E-state index in [9.17, 15) is 4.79 Å². The second-order valence-electron chi connectivity index (χ2n) is 5.57. The molecule has 0 radical (unpaired) electrons. The molecule has 0 unspecified atom stereocenters. The van der Waals surface area contributed by atoms with Gasteiger partial charge in [0, 0.05) is 25.6 Å². The number of ether oxygens (including phenoxy) is 1. The number of carbonyl (C=O) groups is 1. The summed E-state index contributed by atoms with van der Waals surface area (Å²) in [7, 11) is 0. The molecule has 2 aliphatic heterocycles. The van der Waals surface area contributed by atoms with E-state index in [0.717, 1.165) is 31.6 Å². The third kappa shape index (κ3) is 2.64. The van der Waals surface area contributed by atoms with Gasteiger partial charge in [0.2, 0.25) is 5.76 Å². The van der Waals surface area contributed by atoms with Gasteiger partial charge in [-0.2, -0.15) is 0 Å². The maximum Gasteiger partial charge on any atom is 0.292 e. The highest BCUT2D eigenvalue weighted by molar-refractivity contribution is 5.91. The van der Waals surface area contributed by atoms with Crippen LogP contribution in [-0.2, 0) is 11.2 Å². The Morgan fingerprint density at radius 2 is 2.11 bits per heavy atom. The van der Waals surface area contributed by atoms with Gasteiger partial charge in [0.15, 0.2) is 0 Å². The first-order valence-corrected chi connectivity index (χ1v) is 6.78. The molecular formula is C13H19N3O3. The quantitative estimate of drug-likeness (QED) is 0.864. The molecule has 3 rings (SSSR count). The standard InChI is InChI=1S/C13H19N3O3/c14-13(8-18-9-13)7-10-6-11(19-15-10)12(17)16-4-2-1-3-5-16/h6H,1-5,7-9,14H2. The molecule has 0 aliphatic carbocycles. The van der Waals surface area contributed by atoms with Crippen molar-refractivity contribution < 1.29 is 14.1 Å². The lowest BCUT2D eigenvalue weighted by Crippen LogP contribution is -2.58. The van der Waals surface area contributed by atoms with E-state index in [0.29, 0.717) is 25.4 Å². The van der Waals surface area contributed by atoms with Crippen molar-refractivity contribution in [1.82, 2.24) is 10.1 Å². The highest BCUT2D eigenvalue weighted by Gasteiger charge is 2.35. The molecule has 2 N–H and O–H groups in total. The van der Waals surface area contributed by atoms with E-state index in [4.69, 9.17) is 15.0 Å². The molecule has 0 bridgehead atoms. The minimum atomic E-state index is -0.345. The lowest BCUT2D eigenvalue weighted by molar-refractivity contribution is -0.0535. The number of hydrogen-bond donors (Lipinski definition) is 1. The Bertz CT molecular complexity index is 461. The molecule has 0 aromatic carbocycles. The molecule has 2 saturated heterocycles. The number of rotatable bonds is 3. The Morgan fingerprint density at radius 1 is 1.37 bits per heavy atom. The van der Waals surface area contributed by atoms with Crippen LogP contribution in [0.15, 0.2) is 10.6 Å². The Balaban J connectivity index is 1.65. The van der Waals surface area contributed by atoms with E-state index in [1.54, 1.807) is 6.07 Å². The minimum Gasteiger partial charge on any atom is -0.377 e. The lowest BCUT2D eigenvalue weighted by Gasteiger charge is -2.37. The Kier molecular flexibility index (Phi) is 3.28. The summed E-state index contributed by atoms with van der Waals surface area (Å²) < 4.78 is 10.3. The number of amides is 1. The van der Waals surface area contributed by atoms with Crippen molar-refractivity contribution in [3.05, 3.63) is 17.5 Å². The third-order valence-electron chi connectivity index (χ3n) is 3.73. The summed E-state index contributed by atoms with van der Waals surface area (Å²) in [5, 5.41) is 3.94. The van der Waals surface area contributed by atoms with Gasteiger partial charge in [-0.25, -0.2) is 0 Å². The highest BCUT2D eigenvalue weighted by atomic mass is 16.5. The molecular weight excluding hydrogens is 246 g/mol. The number of carbonyl (C=O) groups excluding carboxylic acids is 1. The zero-order valence-corrected chi connectivity index (χ0v) is 10.9. The Morgan fingerprint density at radius 3 is 2.74 bits per heavy atom. The first-order valence-electron chi connectivity index (χ1n) is 6.78. The Labute approximate surface area is 111 Å². The van der Waals surface area contributed by atoms with Gasteiger partial charge in [0.25, 0.3) is 5.91 Å².